The van der Waals surface area contributed by atoms with E-state index in [0.29, 0.717) is 0 Å². The minimum atomic E-state index is -0.831. The first-order valence-electron chi connectivity index (χ1n) is 5.18. The maximum atomic E-state index is 12.1. The number of amides is 1. The highest BCUT2D eigenvalue weighted by Crippen LogP contribution is 2.29. The van der Waals surface area contributed by atoms with Crippen LogP contribution in [0.2, 0.25) is 15.3 Å². The average Bonchev–Trinajstić information content (AvgIpc) is 2.43. The smallest absolute Gasteiger partial charge is 0.305 e. The zero-order valence-electron chi connectivity index (χ0n) is 9.88. The van der Waals surface area contributed by atoms with Gasteiger partial charge in [0.15, 0.2) is 11.0 Å². The third-order valence-corrected chi connectivity index (χ3v) is 3.30. The van der Waals surface area contributed by atoms with Gasteiger partial charge in [0, 0.05) is 6.20 Å². The van der Waals surface area contributed by atoms with Crippen molar-refractivity contribution in [3.05, 3.63) is 49.6 Å². The topological polar surface area (TPSA) is 111 Å². The monoisotopic (exact) mass is 347 g/mol. The average molecular weight is 349 g/mol. The van der Waals surface area contributed by atoms with E-state index in [0.717, 1.165) is 12.4 Å². The lowest BCUT2D eigenvalue weighted by Gasteiger charge is -2.07. The predicted octanol–water partition coefficient (Wildman–Crippen LogP) is 2.99. The van der Waals surface area contributed by atoms with Gasteiger partial charge in [-0.15, -0.1) is 0 Å². The molecule has 0 aromatic carbocycles. The molecule has 0 radical (unpaired) electrons. The van der Waals surface area contributed by atoms with Gasteiger partial charge in [0.25, 0.3) is 5.91 Å². The molecule has 1 N–H and O–H groups in total. The van der Waals surface area contributed by atoms with Crippen molar-refractivity contribution in [2.75, 3.05) is 5.32 Å². The molecule has 2 aromatic heterocycles. The molecule has 2 heterocycles. The van der Waals surface area contributed by atoms with Crippen LogP contribution in [0.25, 0.3) is 0 Å². The SMILES string of the molecule is O=C(Nc1ncnc(Cl)c1Cl)c1ccnc(Cl)c1[N+](=O)[O-]. The lowest BCUT2D eigenvalue weighted by atomic mass is 10.2. The van der Waals surface area contributed by atoms with E-state index in [1.807, 2.05) is 0 Å². The van der Waals surface area contributed by atoms with Crippen molar-refractivity contribution in [2.24, 2.45) is 0 Å². The summed E-state index contributed by atoms with van der Waals surface area (Å²) in [5.41, 5.74) is -0.904. The third kappa shape index (κ3) is 3.18. The van der Waals surface area contributed by atoms with Crippen LogP contribution >= 0.6 is 34.8 Å². The summed E-state index contributed by atoms with van der Waals surface area (Å²) < 4.78 is 0. The molecule has 8 nitrogen and oxygen atoms in total. The summed E-state index contributed by atoms with van der Waals surface area (Å²) in [6.07, 6.45) is 2.25. The molecule has 0 atom stereocenters. The Morgan fingerprint density at radius 1 is 1.19 bits per heavy atom. The van der Waals surface area contributed by atoms with Crippen LogP contribution in [0.1, 0.15) is 10.4 Å². The summed E-state index contributed by atoms with van der Waals surface area (Å²) >= 11 is 17.1. The molecule has 0 aliphatic rings. The minimum Gasteiger partial charge on any atom is -0.305 e. The molecule has 0 aliphatic heterocycles. The third-order valence-electron chi connectivity index (χ3n) is 2.29. The fourth-order valence-corrected chi connectivity index (χ4v) is 1.90. The number of rotatable bonds is 3. The van der Waals surface area contributed by atoms with E-state index in [4.69, 9.17) is 34.8 Å². The van der Waals surface area contributed by atoms with Crippen LogP contribution in [0, 0.1) is 10.1 Å². The van der Waals surface area contributed by atoms with E-state index in [9.17, 15) is 14.9 Å². The Kier molecular flexibility index (Phi) is 4.51. The molecule has 0 unspecified atom stereocenters. The fourth-order valence-electron chi connectivity index (χ4n) is 1.40. The molecular weight excluding hydrogens is 345 g/mol. The van der Waals surface area contributed by atoms with Crippen molar-refractivity contribution < 1.29 is 9.72 Å². The number of anilines is 1. The van der Waals surface area contributed by atoms with E-state index in [2.05, 4.69) is 20.3 Å². The van der Waals surface area contributed by atoms with Gasteiger partial charge in [-0.1, -0.05) is 34.8 Å². The van der Waals surface area contributed by atoms with Crippen molar-refractivity contribution in [3.63, 3.8) is 0 Å². The Labute approximate surface area is 132 Å². The highest BCUT2D eigenvalue weighted by atomic mass is 35.5. The molecule has 2 rings (SSSR count). The van der Waals surface area contributed by atoms with Crippen LogP contribution in [0.4, 0.5) is 11.5 Å². The second-order valence-electron chi connectivity index (χ2n) is 3.54. The van der Waals surface area contributed by atoms with Gasteiger partial charge in [0.05, 0.1) is 4.92 Å². The van der Waals surface area contributed by atoms with Gasteiger partial charge in [-0.05, 0) is 6.07 Å². The number of pyridine rings is 1. The van der Waals surface area contributed by atoms with Gasteiger partial charge in [-0.2, -0.15) is 0 Å². The lowest BCUT2D eigenvalue weighted by Crippen LogP contribution is -2.16. The van der Waals surface area contributed by atoms with Crippen LogP contribution in [0.15, 0.2) is 18.6 Å². The number of aromatic nitrogens is 3. The highest BCUT2D eigenvalue weighted by Gasteiger charge is 2.25. The van der Waals surface area contributed by atoms with E-state index < -0.39 is 21.7 Å². The Morgan fingerprint density at radius 3 is 2.57 bits per heavy atom. The molecule has 0 bridgehead atoms. The maximum Gasteiger partial charge on any atom is 0.319 e. The second kappa shape index (κ2) is 6.17. The van der Waals surface area contributed by atoms with Crippen molar-refractivity contribution in [1.29, 1.82) is 0 Å². The van der Waals surface area contributed by atoms with Crippen molar-refractivity contribution >= 4 is 52.2 Å². The van der Waals surface area contributed by atoms with Crippen LogP contribution < -0.4 is 5.32 Å². The molecular formula is C10H4Cl3N5O3. The summed E-state index contributed by atoms with van der Waals surface area (Å²) in [4.78, 5) is 33.1. The largest absolute Gasteiger partial charge is 0.319 e. The normalized spacial score (nSPS) is 10.2. The molecule has 0 spiro atoms. The van der Waals surface area contributed by atoms with Gasteiger partial charge < -0.3 is 5.32 Å². The molecule has 1 amide bonds. The molecule has 2 aromatic rings. The zero-order chi connectivity index (χ0) is 15.6. The molecule has 0 saturated heterocycles. The molecule has 0 fully saturated rings. The van der Waals surface area contributed by atoms with Crippen LogP contribution in [0.5, 0.6) is 0 Å². The Bertz CT molecular complexity index is 740. The van der Waals surface area contributed by atoms with Crippen molar-refractivity contribution in [2.45, 2.75) is 0 Å². The first-order chi connectivity index (χ1) is 9.91. The quantitative estimate of drug-likeness (QED) is 0.395. The lowest BCUT2D eigenvalue weighted by molar-refractivity contribution is -0.385. The molecule has 11 heteroatoms. The number of hydrogen-bond acceptors (Lipinski definition) is 6. The van der Waals surface area contributed by atoms with Crippen LogP contribution in [-0.2, 0) is 0 Å². The van der Waals surface area contributed by atoms with Crippen LogP contribution in [0.3, 0.4) is 0 Å². The Balaban J connectivity index is 2.40. The highest BCUT2D eigenvalue weighted by molar-refractivity contribution is 6.43. The van der Waals surface area contributed by atoms with Crippen LogP contribution in [-0.4, -0.2) is 25.8 Å². The molecule has 21 heavy (non-hydrogen) atoms. The van der Waals surface area contributed by atoms with E-state index >= 15 is 0 Å². The van der Waals surface area contributed by atoms with Gasteiger partial charge in [-0.25, -0.2) is 15.0 Å². The number of carbonyl (C=O) groups excluding carboxylic acids is 1. The van der Waals surface area contributed by atoms with E-state index in [1.165, 1.54) is 6.20 Å². The first-order valence-corrected chi connectivity index (χ1v) is 6.31. The molecule has 108 valence electrons. The number of hydrogen-bond donors (Lipinski definition) is 1. The number of nitrogens with zero attached hydrogens (tertiary/aromatic N) is 4. The fraction of sp³-hybridized carbons (Fsp3) is 0. The van der Waals surface area contributed by atoms with Crippen molar-refractivity contribution in [1.82, 2.24) is 15.0 Å². The number of nitro groups is 1. The summed E-state index contributed by atoms with van der Waals surface area (Å²) in [6, 6.07) is 1.15. The van der Waals surface area contributed by atoms with Crippen molar-refractivity contribution in [3.8, 4) is 0 Å². The van der Waals surface area contributed by atoms with Gasteiger partial charge in [0.2, 0.25) is 5.15 Å². The Hall–Kier alpha value is -2.03. The summed E-state index contributed by atoms with van der Waals surface area (Å²) in [7, 11) is 0. The number of carbonyl (C=O) groups is 1. The second-order valence-corrected chi connectivity index (χ2v) is 4.63. The molecule has 0 aliphatic carbocycles. The standard InChI is InChI=1S/C10H4Cl3N5O3/c11-5-7(12)15-3-16-9(5)17-10(19)4-1-2-14-8(13)6(4)18(20)21/h1-3H,(H,15,16,17,19). The van der Waals surface area contributed by atoms with E-state index in [-0.39, 0.29) is 21.6 Å². The summed E-state index contributed by atoms with van der Waals surface area (Å²) in [5, 5.41) is 12.7. The van der Waals surface area contributed by atoms with Gasteiger partial charge >= 0.3 is 5.69 Å². The zero-order valence-corrected chi connectivity index (χ0v) is 12.1. The number of nitrogens with one attached hydrogen (secondary N) is 1. The maximum absolute atomic E-state index is 12.1. The molecule has 0 saturated carbocycles. The summed E-state index contributed by atoms with van der Waals surface area (Å²) in [6.45, 7) is 0. The van der Waals surface area contributed by atoms with Gasteiger partial charge in [0.1, 0.15) is 16.9 Å². The predicted molar refractivity (Wildman–Crippen MR) is 75.9 cm³/mol. The first kappa shape index (κ1) is 15.4. The minimum absolute atomic E-state index is 0.0655. The number of halogens is 3. The van der Waals surface area contributed by atoms with Gasteiger partial charge in [-0.3, -0.25) is 14.9 Å². The van der Waals surface area contributed by atoms with E-state index in [1.54, 1.807) is 0 Å². The summed E-state index contributed by atoms with van der Waals surface area (Å²) in [5.74, 6) is -0.911. The Morgan fingerprint density at radius 2 is 1.90 bits per heavy atom.